The van der Waals surface area contributed by atoms with Crippen LogP contribution in [0.15, 0.2) is 18.2 Å². The summed E-state index contributed by atoms with van der Waals surface area (Å²) in [6.45, 7) is 3.60. The number of nitrogens with two attached hydrogens (primary N) is 1. The molecule has 72 valence electrons. The Bertz CT molecular complexity index is 310. The van der Waals surface area contributed by atoms with Crippen LogP contribution in [0.25, 0.3) is 0 Å². The van der Waals surface area contributed by atoms with Gasteiger partial charge in [0.25, 0.3) is 0 Å². The molecular formula is C10H14ClNO. The van der Waals surface area contributed by atoms with Crippen LogP contribution in [0.2, 0.25) is 5.02 Å². The number of hydrogen-bond acceptors (Lipinski definition) is 2. The molecule has 0 bridgehead atoms. The van der Waals surface area contributed by atoms with Crippen LogP contribution in [0.3, 0.4) is 0 Å². The standard InChI is InChI=1S/C10H14ClNO/c1-7-8(10(2,12)6-13)4-3-5-9(7)11/h3-5,13H,6,12H2,1-2H3/t10-/m0/s1. The van der Waals surface area contributed by atoms with Crippen LogP contribution < -0.4 is 5.73 Å². The van der Waals surface area contributed by atoms with Crippen LogP contribution in [0, 0.1) is 6.92 Å². The predicted octanol–water partition coefficient (Wildman–Crippen LogP) is 1.81. The molecule has 0 heterocycles. The van der Waals surface area contributed by atoms with Crippen molar-refractivity contribution in [3.63, 3.8) is 0 Å². The number of rotatable bonds is 2. The Morgan fingerprint density at radius 3 is 2.69 bits per heavy atom. The lowest BCUT2D eigenvalue weighted by atomic mass is 9.90. The van der Waals surface area contributed by atoms with E-state index in [1.807, 2.05) is 25.1 Å². The Labute approximate surface area is 83.3 Å². The van der Waals surface area contributed by atoms with Crippen molar-refractivity contribution in [3.05, 3.63) is 34.3 Å². The zero-order valence-electron chi connectivity index (χ0n) is 7.84. The fraction of sp³-hybridized carbons (Fsp3) is 0.400. The lowest BCUT2D eigenvalue weighted by molar-refractivity contribution is 0.209. The average Bonchev–Trinajstić information content (AvgIpc) is 2.09. The van der Waals surface area contributed by atoms with Crippen LogP contribution in [-0.2, 0) is 5.54 Å². The minimum Gasteiger partial charge on any atom is -0.394 e. The van der Waals surface area contributed by atoms with Crippen LogP contribution in [0.4, 0.5) is 0 Å². The highest BCUT2D eigenvalue weighted by Gasteiger charge is 2.22. The van der Waals surface area contributed by atoms with Gasteiger partial charge in [-0.25, -0.2) is 0 Å². The van der Waals surface area contributed by atoms with Crippen molar-refractivity contribution in [1.82, 2.24) is 0 Å². The molecule has 0 aromatic heterocycles. The second-order valence-corrected chi connectivity index (χ2v) is 3.90. The molecular weight excluding hydrogens is 186 g/mol. The molecule has 0 unspecified atom stereocenters. The van der Waals surface area contributed by atoms with E-state index in [1.165, 1.54) is 0 Å². The molecule has 0 saturated heterocycles. The fourth-order valence-corrected chi connectivity index (χ4v) is 1.49. The van der Waals surface area contributed by atoms with E-state index < -0.39 is 5.54 Å². The van der Waals surface area contributed by atoms with Gasteiger partial charge < -0.3 is 10.8 Å². The Morgan fingerprint density at radius 1 is 1.54 bits per heavy atom. The summed E-state index contributed by atoms with van der Waals surface area (Å²) in [5.74, 6) is 0. The molecule has 0 saturated carbocycles. The van der Waals surface area contributed by atoms with Crippen molar-refractivity contribution in [2.75, 3.05) is 6.61 Å². The predicted molar refractivity (Wildman–Crippen MR) is 54.8 cm³/mol. The molecule has 1 atom stereocenters. The molecule has 0 amide bonds. The molecule has 0 spiro atoms. The molecule has 1 aromatic carbocycles. The number of benzene rings is 1. The van der Waals surface area contributed by atoms with Crippen molar-refractivity contribution in [2.45, 2.75) is 19.4 Å². The normalized spacial score (nSPS) is 15.5. The maximum Gasteiger partial charge on any atom is 0.0650 e. The largest absolute Gasteiger partial charge is 0.394 e. The van der Waals surface area contributed by atoms with E-state index in [9.17, 15) is 0 Å². The number of aliphatic hydroxyl groups is 1. The summed E-state index contributed by atoms with van der Waals surface area (Å²) in [4.78, 5) is 0. The van der Waals surface area contributed by atoms with Gasteiger partial charge in [0.1, 0.15) is 0 Å². The molecule has 3 heteroatoms. The quantitative estimate of drug-likeness (QED) is 0.763. The maximum absolute atomic E-state index is 9.09. The topological polar surface area (TPSA) is 46.2 Å². The van der Waals surface area contributed by atoms with E-state index in [2.05, 4.69) is 0 Å². The third-order valence-electron chi connectivity index (χ3n) is 2.21. The number of halogens is 1. The van der Waals surface area contributed by atoms with Crippen LogP contribution >= 0.6 is 11.6 Å². The van der Waals surface area contributed by atoms with Gasteiger partial charge in [-0.05, 0) is 31.0 Å². The van der Waals surface area contributed by atoms with Crippen LogP contribution in [0.5, 0.6) is 0 Å². The van der Waals surface area contributed by atoms with Gasteiger partial charge in [0.15, 0.2) is 0 Å². The monoisotopic (exact) mass is 199 g/mol. The van der Waals surface area contributed by atoms with Crippen molar-refractivity contribution in [1.29, 1.82) is 0 Å². The van der Waals surface area contributed by atoms with E-state index in [0.717, 1.165) is 11.1 Å². The molecule has 1 aromatic rings. The van der Waals surface area contributed by atoms with Gasteiger partial charge in [-0.1, -0.05) is 23.7 Å². The Morgan fingerprint density at radius 2 is 2.15 bits per heavy atom. The first-order valence-corrected chi connectivity index (χ1v) is 4.52. The minimum atomic E-state index is -0.713. The second-order valence-electron chi connectivity index (χ2n) is 3.49. The molecule has 0 fully saturated rings. The summed E-state index contributed by atoms with van der Waals surface area (Å²) in [5, 5.41) is 9.78. The molecule has 13 heavy (non-hydrogen) atoms. The van der Waals surface area contributed by atoms with Crippen molar-refractivity contribution < 1.29 is 5.11 Å². The molecule has 2 nitrogen and oxygen atoms in total. The van der Waals surface area contributed by atoms with Crippen LogP contribution in [-0.4, -0.2) is 11.7 Å². The molecule has 3 N–H and O–H groups in total. The van der Waals surface area contributed by atoms with Gasteiger partial charge in [0.2, 0.25) is 0 Å². The highest BCUT2D eigenvalue weighted by Crippen LogP contribution is 2.26. The van der Waals surface area contributed by atoms with Crippen LogP contribution in [0.1, 0.15) is 18.1 Å². The summed E-state index contributed by atoms with van der Waals surface area (Å²) in [5.41, 5.74) is 7.01. The Kier molecular flexibility index (Phi) is 2.96. The van der Waals surface area contributed by atoms with Crippen molar-refractivity contribution in [3.8, 4) is 0 Å². The van der Waals surface area contributed by atoms with Gasteiger partial charge >= 0.3 is 0 Å². The highest BCUT2D eigenvalue weighted by molar-refractivity contribution is 6.31. The summed E-state index contributed by atoms with van der Waals surface area (Å²) >= 11 is 5.94. The van der Waals surface area contributed by atoms with E-state index in [4.69, 9.17) is 22.4 Å². The molecule has 0 aliphatic carbocycles. The zero-order valence-corrected chi connectivity index (χ0v) is 8.60. The van der Waals surface area contributed by atoms with Gasteiger partial charge in [0, 0.05) is 5.02 Å². The maximum atomic E-state index is 9.09. The summed E-state index contributed by atoms with van der Waals surface area (Å²) in [7, 11) is 0. The first-order chi connectivity index (χ1) is 5.99. The lowest BCUT2D eigenvalue weighted by Gasteiger charge is -2.24. The minimum absolute atomic E-state index is 0.0891. The molecule has 1 rings (SSSR count). The third-order valence-corrected chi connectivity index (χ3v) is 2.62. The zero-order chi connectivity index (χ0) is 10.1. The first kappa shape index (κ1) is 10.5. The van der Waals surface area contributed by atoms with E-state index in [-0.39, 0.29) is 6.61 Å². The lowest BCUT2D eigenvalue weighted by Crippen LogP contribution is -2.37. The second kappa shape index (κ2) is 3.66. The van der Waals surface area contributed by atoms with Crippen molar-refractivity contribution >= 4 is 11.6 Å². The van der Waals surface area contributed by atoms with Gasteiger partial charge in [0.05, 0.1) is 12.1 Å². The average molecular weight is 200 g/mol. The van der Waals surface area contributed by atoms with E-state index >= 15 is 0 Å². The Balaban J connectivity index is 3.22. The number of aliphatic hydroxyl groups excluding tert-OH is 1. The van der Waals surface area contributed by atoms with E-state index in [1.54, 1.807) is 6.92 Å². The summed E-state index contributed by atoms with van der Waals surface area (Å²) in [6.07, 6.45) is 0. The Hall–Kier alpha value is -0.570. The molecule has 0 aliphatic rings. The van der Waals surface area contributed by atoms with Crippen molar-refractivity contribution in [2.24, 2.45) is 5.73 Å². The van der Waals surface area contributed by atoms with E-state index in [0.29, 0.717) is 5.02 Å². The summed E-state index contributed by atoms with van der Waals surface area (Å²) < 4.78 is 0. The molecule has 0 aliphatic heterocycles. The smallest absolute Gasteiger partial charge is 0.0650 e. The summed E-state index contributed by atoms with van der Waals surface area (Å²) in [6, 6.07) is 5.54. The first-order valence-electron chi connectivity index (χ1n) is 4.14. The number of hydrogen-bond donors (Lipinski definition) is 2. The van der Waals surface area contributed by atoms with Gasteiger partial charge in [-0.2, -0.15) is 0 Å². The molecule has 0 radical (unpaired) electrons. The van der Waals surface area contributed by atoms with Gasteiger partial charge in [-0.15, -0.1) is 0 Å². The fourth-order valence-electron chi connectivity index (χ4n) is 1.31. The van der Waals surface area contributed by atoms with Gasteiger partial charge in [-0.3, -0.25) is 0 Å². The third kappa shape index (κ3) is 2.02. The highest BCUT2D eigenvalue weighted by atomic mass is 35.5. The SMILES string of the molecule is Cc1c(Cl)cccc1[C@@](C)(N)CO.